The quantitative estimate of drug-likeness (QED) is 0.0679. The fraction of sp³-hybridized carbons (Fsp3) is 0.463. The van der Waals surface area contributed by atoms with Crippen LogP contribution in [-0.4, -0.2) is 39.2 Å². The van der Waals surface area contributed by atoms with E-state index in [1.807, 2.05) is 31.2 Å². The minimum absolute atomic E-state index is 0.0770. The standard InChI is InChI=1S/C41H52ClN5O2/c1-5-30-7-6-8-31(11-10-30)12-17-34-18-13-32(23-38(34)42)15-20-39(48)36-16-9-29(2)35(24-36)19-14-33-26-45-40(46-27-33)47-37(25-43)28-44-22-21-41(3,4)49/h9,13,16,18,23-28,30-31,49H,5-8,10-12,15,17,20-22,43H2,1-4H3,(H,45,46,47)/t30-,31?/m0/s1. The molecule has 3 aromatic rings. The molecule has 0 bridgehead atoms. The maximum atomic E-state index is 13.2. The normalized spacial score (nSPS) is 17.0. The number of aliphatic imine (C=N–C) groups is 1. The number of anilines is 1. The Balaban J connectivity index is 1.29. The SMILES string of the molecule is CC[C@H]1CCCC(CCc2ccc(CCC(=O)c3ccc(C)c(C#Cc4cnc(NC(C=NCCC(C)(C)O)=CN)nc4)c3)cc2Cl)CC1. The summed E-state index contributed by atoms with van der Waals surface area (Å²) in [5, 5.41) is 13.7. The molecule has 1 fully saturated rings. The van der Waals surface area contributed by atoms with Gasteiger partial charge in [0.15, 0.2) is 5.78 Å². The zero-order valence-corrected chi connectivity index (χ0v) is 30.3. The van der Waals surface area contributed by atoms with Crippen LogP contribution in [0.4, 0.5) is 5.95 Å². The van der Waals surface area contributed by atoms with E-state index in [-0.39, 0.29) is 5.78 Å². The van der Waals surface area contributed by atoms with Gasteiger partial charge in [-0.2, -0.15) is 0 Å². The van der Waals surface area contributed by atoms with Gasteiger partial charge in [0.05, 0.1) is 16.9 Å². The maximum Gasteiger partial charge on any atom is 0.227 e. The number of benzene rings is 2. The van der Waals surface area contributed by atoms with Gasteiger partial charge in [-0.05, 0) is 87.1 Å². The van der Waals surface area contributed by atoms with Gasteiger partial charge in [-0.15, -0.1) is 0 Å². The van der Waals surface area contributed by atoms with Crippen molar-refractivity contribution in [3.8, 4) is 11.8 Å². The molecule has 1 unspecified atom stereocenters. The lowest BCUT2D eigenvalue weighted by Crippen LogP contribution is -2.19. The second-order valence-corrected chi connectivity index (χ2v) is 14.4. The highest BCUT2D eigenvalue weighted by atomic mass is 35.5. The number of allylic oxidation sites excluding steroid dienone is 1. The molecule has 260 valence electrons. The van der Waals surface area contributed by atoms with Gasteiger partial charge in [0.25, 0.3) is 0 Å². The molecule has 1 aliphatic rings. The zero-order valence-electron chi connectivity index (χ0n) is 29.6. The maximum absolute atomic E-state index is 13.2. The van der Waals surface area contributed by atoms with Crippen molar-refractivity contribution in [2.24, 2.45) is 22.6 Å². The van der Waals surface area contributed by atoms with Crippen molar-refractivity contribution in [1.29, 1.82) is 0 Å². The first-order valence-corrected chi connectivity index (χ1v) is 18.1. The van der Waals surface area contributed by atoms with Gasteiger partial charge in [-0.1, -0.05) is 93.2 Å². The van der Waals surface area contributed by atoms with E-state index in [2.05, 4.69) is 51.2 Å². The van der Waals surface area contributed by atoms with E-state index < -0.39 is 5.60 Å². The van der Waals surface area contributed by atoms with Crippen LogP contribution in [-0.2, 0) is 12.8 Å². The second-order valence-electron chi connectivity index (χ2n) is 14.0. The molecule has 0 spiro atoms. The number of aryl methyl sites for hydroxylation is 3. The molecule has 4 N–H and O–H groups in total. The highest BCUT2D eigenvalue weighted by molar-refractivity contribution is 6.31. The Hall–Kier alpha value is -3.99. The molecule has 49 heavy (non-hydrogen) atoms. The third-order valence-corrected chi connectivity index (χ3v) is 9.79. The lowest BCUT2D eigenvalue weighted by Gasteiger charge is -2.15. The summed E-state index contributed by atoms with van der Waals surface area (Å²) in [6.45, 7) is 8.26. The smallest absolute Gasteiger partial charge is 0.227 e. The van der Waals surface area contributed by atoms with E-state index in [1.54, 1.807) is 32.5 Å². The fourth-order valence-electron chi connectivity index (χ4n) is 6.14. The summed E-state index contributed by atoms with van der Waals surface area (Å²) in [7, 11) is 0. The van der Waals surface area contributed by atoms with Crippen molar-refractivity contribution in [2.45, 2.75) is 104 Å². The third-order valence-electron chi connectivity index (χ3n) is 9.44. The van der Waals surface area contributed by atoms with Crippen LogP contribution < -0.4 is 11.1 Å². The van der Waals surface area contributed by atoms with Crippen LogP contribution in [0.5, 0.6) is 0 Å². The second kappa shape index (κ2) is 18.7. The van der Waals surface area contributed by atoms with Gasteiger partial charge in [-0.25, -0.2) is 9.97 Å². The number of aliphatic hydroxyl groups is 1. The zero-order chi connectivity index (χ0) is 35.2. The van der Waals surface area contributed by atoms with Crippen LogP contribution in [0.25, 0.3) is 0 Å². The average molecular weight is 682 g/mol. The molecule has 4 rings (SSSR count). The lowest BCUT2D eigenvalue weighted by molar-refractivity contribution is 0.0739. The topological polar surface area (TPSA) is 113 Å². The summed E-state index contributed by atoms with van der Waals surface area (Å²) in [5.41, 5.74) is 10.8. The van der Waals surface area contributed by atoms with Gasteiger partial charge in [0.2, 0.25) is 5.95 Å². The Bertz CT molecular complexity index is 1660. The number of hydrogen-bond acceptors (Lipinski definition) is 7. The van der Waals surface area contributed by atoms with Crippen LogP contribution in [0, 0.1) is 30.6 Å². The first kappa shape index (κ1) is 37.8. The van der Waals surface area contributed by atoms with E-state index in [4.69, 9.17) is 17.3 Å². The number of aromatic nitrogens is 2. The van der Waals surface area contributed by atoms with E-state index in [0.29, 0.717) is 48.6 Å². The summed E-state index contributed by atoms with van der Waals surface area (Å²) in [5.74, 6) is 8.44. The summed E-state index contributed by atoms with van der Waals surface area (Å²) in [6, 6.07) is 12.0. The van der Waals surface area contributed by atoms with Crippen molar-refractivity contribution < 1.29 is 9.90 Å². The summed E-state index contributed by atoms with van der Waals surface area (Å²) >= 11 is 6.72. The first-order valence-electron chi connectivity index (χ1n) is 17.7. The molecule has 0 saturated heterocycles. The molecular weight excluding hydrogens is 630 g/mol. The van der Waals surface area contributed by atoms with E-state index in [0.717, 1.165) is 40.0 Å². The Morgan fingerprint density at radius 1 is 1.08 bits per heavy atom. The number of nitrogens with zero attached hydrogens (tertiary/aromatic N) is 3. The van der Waals surface area contributed by atoms with E-state index in [1.165, 1.54) is 56.7 Å². The minimum atomic E-state index is -0.777. The predicted octanol–water partition coefficient (Wildman–Crippen LogP) is 8.64. The van der Waals surface area contributed by atoms with Crippen LogP contribution in [0.3, 0.4) is 0 Å². The van der Waals surface area contributed by atoms with Gasteiger partial charge >= 0.3 is 0 Å². The molecule has 1 aliphatic carbocycles. The predicted molar refractivity (Wildman–Crippen MR) is 202 cm³/mol. The van der Waals surface area contributed by atoms with Crippen molar-refractivity contribution in [2.75, 3.05) is 11.9 Å². The molecule has 2 atom stereocenters. The van der Waals surface area contributed by atoms with Gasteiger partial charge in [0.1, 0.15) is 0 Å². The molecule has 1 heterocycles. The average Bonchev–Trinajstić information content (AvgIpc) is 3.33. The Morgan fingerprint density at radius 2 is 1.84 bits per heavy atom. The molecule has 7 nitrogen and oxygen atoms in total. The first-order chi connectivity index (χ1) is 23.5. The van der Waals surface area contributed by atoms with Crippen LogP contribution in [0.1, 0.15) is 117 Å². The molecule has 1 saturated carbocycles. The number of carbonyl (C=O) groups is 1. The molecule has 1 aromatic heterocycles. The van der Waals surface area contributed by atoms with Crippen molar-refractivity contribution >= 4 is 29.5 Å². The number of hydrogen-bond donors (Lipinski definition) is 3. The number of carbonyl (C=O) groups excluding carboxylic acids is 1. The Morgan fingerprint density at radius 3 is 2.55 bits per heavy atom. The molecule has 0 aliphatic heterocycles. The van der Waals surface area contributed by atoms with E-state index >= 15 is 0 Å². The number of ketones is 1. The molecule has 2 aromatic carbocycles. The van der Waals surface area contributed by atoms with E-state index in [9.17, 15) is 9.90 Å². The monoisotopic (exact) mass is 681 g/mol. The summed E-state index contributed by atoms with van der Waals surface area (Å²) in [4.78, 5) is 26.1. The fourth-order valence-corrected chi connectivity index (χ4v) is 6.43. The largest absolute Gasteiger partial charge is 0.403 e. The van der Waals surface area contributed by atoms with Crippen LogP contribution >= 0.6 is 11.6 Å². The molecule has 8 heteroatoms. The van der Waals surface area contributed by atoms with Crippen LogP contribution in [0.15, 0.2) is 65.7 Å². The van der Waals surface area contributed by atoms with Crippen molar-refractivity contribution in [1.82, 2.24) is 9.97 Å². The van der Waals surface area contributed by atoms with Gasteiger partial charge in [0, 0.05) is 53.9 Å². The number of Topliss-reactive ketones (excluding diaryl/α,β-unsaturated/α-hetero) is 1. The van der Waals surface area contributed by atoms with Gasteiger partial charge < -0.3 is 16.2 Å². The summed E-state index contributed by atoms with van der Waals surface area (Å²) in [6.07, 6.45) is 18.1. The number of nitrogens with two attached hydrogens (primary N) is 1. The number of nitrogens with one attached hydrogen (secondary N) is 1. The molecule has 0 amide bonds. The lowest BCUT2D eigenvalue weighted by atomic mass is 9.91. The van der Waals surface area contributed by atoms with Crippen LogP contribution in [0.2, 0.25) is 5.02 Å². The third kappa shape index (κ3) is 12.8. The summed E-state index contributed by atoms with van der Waals surface area (Å²) < 4.78 is 0. The van der Waals surface area contributed by atoms with Crippen molar-refractivity contribution in [3.63, 3.8) is 0 Å². The highest BCUT2D eigenvalue weighted by Gasteiger charge is 2.18. The molecular formula is C41H52ClN5O2. The molecule has 0 radical (unpaired) electrons. The highest BCUT2D eigenvalue weighted by Crippen LogP contribution is 2.32. The Kier molecular flexibility index (Phi) is 14.4. The minimum Gasteiger partial charge on any atom is -0.403 e. The van der Waals surface area contributed by atoms with Gasteiger partial charge in [-0.3, -0.25) is 9.79 Å². The van der Waals surface area contributed by atoms with Crippen molar-refractivity contribution in [3.05, 3.63) is 99.1 Å². The Labute approximate surface area is 297 Å². The number of rotatable bonds is 14. The number of halogens is 1.